The lowest BCUT2D eigenvalue weighted by Crippen LogP contribution is -2.34. The molecular formula is C45H39N3. The molecule has 0 saturated heterocycles. The molecule has 3 heteroatoms. The molecule has 0 fully saturated rings. The van der Waals surface area contributed by atoms with Crippen molar-refractivity contribution in [3.05, 3.63) is 161 Å². The largest absolute Gasteiger partial charge is 0.310 e. The minimum atomic E-state index is -0.161. The minimum Gasteiger partial charge on any atom is -0.310 e. The Morgan fingerprint density at radius 2 is 0.542 bits per heavy atom. The summed E-state index contributed by atoms with van der Waals surface area (Å²) >= 11 is 0. The third-order valence-electron chi connectivity index (χ3n) is 11.9. The molecular weight excluding hydrogens is 583 g/mol. The minimum absolute atomic E-state index is 0.161. The molecule has 10 rings (SSSR count). The van der Waals surface area contributed by atoms with Crippen LogP contribution in [0.25, 0.3) is 0 Å². The van der Waals surface area contributed by atoms with Gasteiger partial charge in [0.15, 0.2) is 0 Å². The van der Waals surface area contributed by atoms with Gasteiger partial charge in [0.25, 0.3) is 0 Å². The number of nitrogens with zero attached hydrogens (tertiary/aromatic N) is 3. The van der Waals surface area contributed by atoms with Gasteiger partial charge >= 0.3 is 0 Å². The van der Waals surface area contributed by atoms with Gasteiger partial charge in [-0.2, -0.15) is 0 Å². The van der Waals surface area contributed by atoms with Crippen molar-refractivity contribution >= 4 is 51.2 Å². The van der Waals surface area contributed by atoms with Crippen LogP contribution in [0.4, 0.5) is 51.2 Å². The van der Waals surface area contributed by atoms with E-state index in [0.717, 1.165) is 0 Å². The molecule has 6 aromatic rings. The molecule has 0 amide bonds. The van der Waals surface area contributed by atoms with Crippen LogP contribution in [0.1, 0.15) is 74.9 Å². The molecule has 4 heterocycles. The summed E-state index contributed by atoms with van der Waals surface area (Å²) in [5, 5.41) is 0. The Bertz CT molecular complexity index is 2100. The molecule has 6 bridgehead atoms. The molecule has 0 atom stereocenters. The number of hydrogen-bond donors (Lipinski definition) is 0. The third kappa shape index (κ3) is 3.34. The number of anilines is 9. The van der Waals surface area contributed by atoms with Gasteiger partial charge in [-0.3, -0.25) is 0 Å². The fourth-order valence-corrected chi connectivity index (χ4v) is 9.37. The van der Waals surface area contributed by atoms with Crippen LogP contribution in [-0.4, -0.2) is 0 Å². The van der Waals surface area contributed by atoms with E-state index in [1.807, 2.05) is 0 Å². The average Bonchev–Trinajstić information content (AvgIpc) is 3.08. The van der Waals surface area contributed by atoms with Crippen molar-refractivity contribution in [1.29, 1.82) is 0 Å². The summed E-state index contributed by atoms with van der Waals surface area (Å²) in [6.45, 7) is 14.2. The van der Waals surface area contributed by atoms with Crippen molar-refractivity contribution in [3.8, 4) is 0 Å². The summed E-state index contributed by atoms with van der Waals surface area (Å²) in [7, 11) is 0. The van der Waals surface area contributed by atoms with Gasteiger partial charge < -0.3 is 14.7 Å². The van der Waals surface area contributed by atoms with Gasteiger partial charge in [0.2, 0.25) is 0 Å². The first-order valence-corrected chi connectivity index (χ1v) is 17.2. The van der Waals surface area contributed by atoms with E-state index in [1.54, 1.807) is 0 Å². The molecule has 4 aliphatic heterocycles. The lowest BCUT2D eigenvalue weighted by Gasteiger charge is -2.47. The van der Waals surface area contributed by atoms with E-state index < -0.39 is 0 Å². The van der Waals surface area contributed by atoms with Gasteiger partial charge in [-0.15, -0.1) is 0 Å². The van der Waals surface area contributed by atoms with Gasteiger partial charge in [0.05, 0.1) is 34.1 Å². The first-order valence-electron chi connectivity index (χ1n) is 17.2. The van der Waals surface area contributed by atoms with Crippen molar-refractivity contribution in [2.45, 2.75) is 57.8 Å². The maximum atomic E-state index is 2.52. The maximum Gasteiger partial charge on any atom is 0.0523 e. The van der Waals surface area contributed by atoms with Crippen LogP contribution in [0.15, 0.2) is 127 Å². The molecule has 234 valence electrons. The third-order valence-corrected chi connectivity index (χ3v) is 11.9. The monoisotopic (exact) mass is 621 g/mol. The van der Waals surface area contributed by atoms with Gasteiger partial charge in [-0.25, -0.2) is 0 Å². The van der Waals surface area contributed by atoms with E-state index in [2.05, 4.69) is 184 Å². The van der Waals surface area contributed by atoms with Crippen molar-refractivity contribution in [1.82, 2.24) is 0 Å². The summed E-state index contributed by atoms with van der Waals surface area (Å²) in [6, 6.07) is 48.5. The molecule has 0 N–H and O–H groups in total. The summed E-state index contributed by atoms with van der Waals surface area (Å²) in [6.07, 6.45) is 0. The second-order valence-corrected chi connectivity index (χ2v) is 15.5. The Kier molecular flexibility index (Phi) is 5.21. The Balaban J connectivity index is 1.38. The van der Waals surface area contributed by atoms with Crippen LogP contribution in [0.2, 0.25) is 0 Å². The van der Waals surface area contributed by atoms with Crippen molar-refractivity contribution in [2.24, 2.45) is 0 Å². The number of benzene rings is 6. The maximum absolute atomic E-state index is 2.52. The van der Waals surface area contributed by atoms with Crippen LogP contribution < -0.4 is 14.7 Å². The predicted octanol–water partition coefficient (Wildman–Crippen LogP) is 12.3. The second kappa shape index (κ2) is 8.99. The molecule has 3 nitrogen and oxygen atoms in total. The quantitative estimate of drug-likeness (QED) is 0.167. The Labute approximate surface area is 283 Å². The van der Waals surface area contributed by atoms with E-state index in [9.17, 15) is 0 Å². The van der Waals surface area contributed by atoms with E-state index >= 15 is 0 Å². The highest BCUT2D eigenvalue weighted by atomic mass is 15.2. The van der Waals surface area contributed by atoms with Crippen LogP contribution in [0.5, 0.6) is 0 Å². The standard InChI is InChI=1S/C45H39N3/c1-43(2)31-13-7-10-16-37(31)46-29-20-23-35-41(26-29)48(39-18-12-9-15-33(39)45(35,5)6)30-21-24-36-42(27-30)47(28-19-22-34(43)40(46)25-28)38-17-11-8-14-32(38)44(36,3)4/h7-27H,1-6H3. The fraction of sp³-hybridized carbons (Fsp3) is 0.200. The predicted molar refractivity (Wildman–Crippen MR) is 200 cm³/mol. The van der Waals surface area contributed by atoms with E-state index in [1.165, 1.54) is 84.6 Å². The molecule has 0 aromatic heterocycles. The van der Waals surface area contributed by atoms with Gasteiger partial charge in [0, 0.05) is 33.3 Å². The summed E-state index contributed by atoms with van der Waals surface area (Å²) in [5.41, 5.74) is 18.5. The first kappa shape index (κ1) is 27.8. The van der Waals surface area contributed by atoms with E-state index in [-0.39, 0.29) is 16.2 Å². The highest BCUT2D eigenvalue weighted by Gasteiger charge is 2.43. The highest BCUT2D eigenvalue weighted by molar-refractivity contribution is 5.96. The normalized spacial score (nSPS) is 17.8. The van der Waals surface area contributed by atoms with Gasteiger partial charge in [-0.05, 0) is 88.0 Å². The molecule has 0 saturated carbocycles. The van der Waals surface area contributed by atoms with E-state index in [0.29, 0.717) is 0 Å². The number of fused-ring (bicyclic) bond motifs is 12. The van der Waals surface area contributed by atoms with Gasteiger partial charge in [-0.1, -0.05) is 114 Å². The number of para-hydroxylation sites is 3. The molecule has 0 radical (unpaired) electrons. The van der Waals surface area contributed by atoms with E-state index in [4.69, 9.17) is 0 Å². The number of hydrogen-bond acceptors (Lipinski definition) is 3. The Hall–Kier alpha value is -5.28. The average molecular weight is 622 g/mol. The van der Waals surface area contributed by atoms with Crippen LogP contribution >= 0.6 is 0 Å². The lowest BCUT2D eigenvalue weighted by atomic mass is 9.71. The highest BCUT2D eigenvalue weighted by Crippen LogP contribution is 2.60. The molecule has 0 spiro atoms. The summed E-state index contributed by atoms with van der Waals surface area (Å²) in [4.78, 5) is 7.55. The van der Waals surface area contributed by atoms with Crippen LogP contribution in [-0.2, 0) is 16.2 Å². The molecule has 48 heavy (non-hydrogen) atoms. The fourth-order valence-electron chi connectivity index (χ4n) is 9.37. The SMILES string of the molecule is CC1(C)c2ccccc2N2c3ccc4c(c3)N(c3ccc5c(c3)N(c3ccc1c2c3)c1ccccc1C5(C)C)c1ccccc1C4(C)C. The Morgan fingerprint density at radius 3 is 0.833 bits per heavy atom. The van der Waals surface area contributed by atoms with Gasteiger partial charge in [0.1, 0.15) is 0 Å². The van der Waals surface area contributed by atoms with Crippen molar-refractivity contribution in [3.63, 3.8) is 0 Å². The molecule has 0 unspecified atom stereocenters. The smallest absolute Gasteiger partial charge is 0.0523 e. The molecule has 0 aliphatic carbocycles. The molecule has 4 aliphatic rings. The summed E-state index contributed by atoms with van der Waals surface area (Å²) in [5.74, 6) is 0. The van der Waals surface area contributed by atoms with Crippen LogP contribution in [0.3, 0.4) is 0 Å². The molecule has 6 aromatic carbocycles. The summed E-state index contributed by atoms with van der Waals surface area (Å²) < 4.78 is 0. The zero-order chi connectivity index (χ0) is 32.7. The lowest BCUT2D eigenvalue weighted by molar-refractivity contribution is 0.627. The first-order chi connectivity index (χ1) is 23.1. The Morgan fingerprint density at radius 1 is 0.292 bits per heavy atom. The van der Waals surface area contributed by atoms with Crippen molar-refractivity contribution < 1.29 is 0 Å². The topological polar surface area (TPSA) is 9.72 Å². The zero-order valence-corrected chi connectivity index (χ0v) is 28.5. The van der Waals surface area contributed by atoms with Crippen LogP contribution in [0, 0.1) is 0 Å². The zero-order valence-electron chi connectivity index (χ0n) is 28.5. The van der Waals surface area contributed by atoms with Crippen molar-refractivity contribution in [2.75, 3.05) is 14.7 Å². The number of rotatable bonds is 0. The second-order valence-electron chi connectivity index (χ2n) is 15.5.